The van der Waals surface area contributed by atoms with Crippen molar-refractivity contribution < 1.29 is 14.0 Å². The van der Waals surface area contributed by atoms with E-state index in [2.05, 4.69) is 38.1 Å². The Balaban J connectivity index is 1.41. The van der Waals surface area contributed by atoms with Crippen molar-refractivity contribution in [2.24, 2.45) is 11.8 Å². The van der Waals surface area contributed by atoms with E-state index in [0.29, 0.717) is 6.10 Å². The van der Waals surface area contributed by atoms with Crippen LogP contribution < -0.4 is 10.6 Å². The number of ether oxygens (including phenoxy) is 2. The molecule has 5 rings (SSSR count). The fourth-order valence-electron chi connectivity index (χ4n) is 6.84. The van der Waals surface area contributed by atoms with Crippen molar-refractivity contribution in [1.82, 2.24) is 0 Å². The first kappa shape index (κ1) is 26.2. The summed E-state index contributed by atoms with van der Waals surface area (Å²) in [5, 5.41) is 1.93. The van der Waals surface area contributed by atoms with E-state index in [1.807, 2.05) is 36.4 Å². The lowest BCUT2D eigenvalue weighted by molar-refractivity contribution is -0.106. The third-order valence-corrected chi connectivity index (χ3v) is 12.8. The van der Waals surface area contributed by atoms with Gasteiger partial charge in [-0.05, 0) is 76.0 Å². The Hall–Kier alpha value is -1.41. The number of rotatable bonds is 7. The summed E-state index contributed by atoms with van der Waals surface area (Å²) in [5.41, 5.74) is -0.00659. The zero-order valence-corrected chi connectivity index (χ0v) is 23.2. The molecule has 0 amide bonds. The van der Waals surface area contributed by atoms with Crippen LogP contribution in [-0.2, 0) is 14.0 Å². The van der Waals surface area contributed by atoms with Crippen molar-refractivity contribution in [2.45, 2.75) is 115 Å². The average Bonchev–Trinajstić information content (AvgIpc) is 2.92. The molecule has 2 aromatic carbocycles. The minimum absolute atomic E-state index is 0.00659. The van der Waals surface area contributed by atoms with Crippen LogP contribution in [0, 0.1) is 11.8 Å². The van der Waals surface area contributed by atoms with Gasteiger partial charge in [0.1, 0.15) is 7.14 Å². The number of hydrogen-bond acceptors (Lipinski definition) is 3. The first-order chi connectivity index (χ1) is 17.5. The molecule has 3 nitrogen and oxygen atoms in total. The molecule has 3 fully saturated rings. The number of benzene rings is 2. The third kappa shape index (κ3) is 6.01. The maximum absolute atomic E-state index is 15.3. The first-order valence-corrected chi connectivity index (χ1v) is 16.3. The Bertz CT molecular complexity index is 933. The summed E-state index contributed by atoms with van der Waals surface area (Å²) in [7, 11) is -2.89. The molecule has 0 spiro atoms. The summed E-state index contributed by atoms with van der Waals surface area (Å²) in [6.07, 6.45) is 13.2. The van der Waals surface area contributed by atoms with Crippen LogP contribution in [0.3, 0.4) is 0 Å². The molecule has 3 unspecified atom stereocenters. The molecule has 0 saturated heterocycles. The lowest BCUT2D eigenvalue weighted by atomic mass is 9.87. The second-order valence-corrected chi connectivity index (χ2v) is 14.9. The summed E-state index contributed by atoms with van der Waals surface area (Å²) < 4.78 is 29.0. The summed E-state index contributed by atoms with van der Waals surface area (Å²) in [4.78, 5) is 0. The quantitative estimate of drug-likeness (QED) is 0.364. The van der Waals surface area contributed by atoms with E-state index >= 15 is 4.57 Å². The SMILES string of the molecule is CC1CCC(OC2CCC(P(=O)(c3ccccc3)c3ccccc3)C(OC3CCC(C)CC3)C2)CC1. The average molecular weight is 509 g/mol. The van der Waals surface area contributed by atoms with E-state index in [1.165, 1.54) is 38.5 Å². The van der Waals surface area contributed by atoms with Gasteiger partial charge in [0.2, 0.25) is 0 Å². The normalized spacial score (nSPS) is 33.8. The molecule has 36 heavy (non-hydrogen) atoms. The van der Waals surface area contributed by atoms with Gasteiger partial charge in [-0.1, -0.05) is 74.5 Å². The molecular weight excluding hydrogens is 463 g/mol. The molecule has 0 aromatic heterocycles. The summed E-state index contributed by atoms with van der Waals surface area (Å²) in [5.74, 6) is 1.62. The van der Waals surface area contributed by atoms with Gasteiger partial charge in [-0.25, -0.2) is 0 Å². The maximum Gasteiger partial charge on any atom is 0.148 e. The zero-order chi connectivity index (χ0) is 25.0. The second-order valence-electron chi connectivity index (χ2n) is 11.9. The molecule has 0 bridgehead atoms. The predicted octanol–water partition coefficient (Wildman–Crippen LogP) is 7.48. The van der Waals surface area contributed by atoms with E-state index in [0.717, 1.165) is 54.5 Å². The lowest BCUT2D eigenvalue weighted by Crippen LogP contribution is -2.45. The van der Waals surface area contributed by atoms with Crippen LogP contribution in [-0.4, -0.2) is 30.1 Å². The van der Waals surface area contributed by atoms with Crippen molar-refractivity contribution in [2.75, 3.05) is 0 Å². The van der Waals surface area contributed by atoms with Gasteiger partial charge in [-0.2, -0.15) is 0 Å². The largest absolute Gasteiger partial charge is 0.375 e. The monoisotopic (exact) mass is 508 g/mol. The van der Waals surface area contributed by atoms with Crippen LogP contribution in [0.2, 0.25) is 0 Å². The van der Waals surface area contributed by atoms with E-state index < -0.39 is 7.14 Å². The molecule has 0 heterocycles. The Labute approximate surface area is 218 Å². The summed E-state index contributed by atoms with van der Waals surface area (Å²) >= 11 is 0. The van der Waals surface area contributed by atoms with Gasteiger partial charge in [0.05, 0.1) is 24.4 Å². The van der Waals surface area contributed by atoms with Gasteiger partial charge >= 0.3 is 0 Å². The van der Waals surface area contributed by atoms with E-state index in [9.17, 15) is 0 Å². The van der Waals surface area contributed by atoms with Gasteiger partial charge in [0, 0.05) is 22.7 Å². The highest BCUT2D eigenvalue weighted by Crippen LogP contribution is 2.55. The molecule has 2 aromatic rings. The molecule has 3 aliphatic carbocycles. The van der Waals surface area contributed by atoms with Crippen LogP contribution >= 0.6 is 7.14 Å². The Kier molecular flexibility index (Phi) is 8.72. The molecule has 3 atom stereocenters. The molecule has 196 valence electrons. The van der Waals surface area contributed by atoms with E-state index in [4.69, 9.17) is 9.47 Å². The second kappa shape index (κ2) is 12.0. The minimum Gasteiger partial charge on any atom is -0.375 e. The highest BCUT2D eigenvalue weighted by molar-refractivity contribution is 7.79. The first-order valence-electron chi connectivity index (χ1n) is 14.5. The van der Waals surface area contributed by atoms with Crippen molar-refractivity contribution in [3.05, 3.63) is 60.7 Å². The standard InChI is InChI=1S/C32H45O3P/c1-24-13-17-26(18-14-24)34-28-21-22-32(31(23-28)35-27-19-15-25(2)16-20-27)36(33,29-9-5-3-6-10-29)30-11-7-4-8-12-30/h3-12,24-28,31-32H,13-23H2,1-2H3. The zero-order valence-electron chi connectivity index (χ0n) is 22.3. The topological polar surface area (TPSA) is 35.5 Å². The highest BCUT2D eigenvalue weighted by atomic mass is 31.2. The molecule has 0 N–H and O–H groups in total. The summed E-state index contributed by atoms with van der Waals surface area (Å²) in [6, 6.07) is 20.4. The van der Waals surface area contributed by atoms with Crippen LogP contribution in [0.5, 0.6) is 0 Å². The molecule has 3 saturated carbocycles. The van der Waals surface area contributed by atoms with Gasteiger partial charge in [0.15, 0.2) is 0 Å². The minimum atomic E-state index is -2.89. The Morgan fingerprint density at radius 1 is 0.583 bits per heavy atom. The van der Waals surface area contributed by atoms with Crippen molar-refractivity contribution in [3.8, 4) is 0 Å². The van der Waals surface area contributed by atoms with Crippen molar-refractivity contribution in [3.63, 3.8) is 0 Å². The van der Waals surface area contributed by atoms with Crippen LogP contribution in [0.1, 0.15) is 84.5 Å². The summed E-state index contributed by atoms with van der Waals surface area (Å²) in [6.45, 7) is 4.72. The van der Waals surface area contributed by atoms with E-state index in [1.54, 1.807) is 0 Å². The molecule has 0 aliphatic heterocycles. The van der Waals surface area contributed by atoms with E-state index in [-0.39, 0.29) is 24.0 Å². The van der Waals surface area contributed by atoms with Crippen LogP contribution in [0.4, 0.5) is 0 Å². The maximum atomic E-state index is 15.3. The van der Waals surface area contributed by atoms with Crippen molar-refractivity contribution in [1.29, 1.82) is 0 Å². The molecular formula is C32H45O3P. The predicted molar refractivity (Wildman–Crippen MR) is 150 cm³/mol. The van der Waals surface area contributed by atoms with Gasteiger partial charge in [-0.3, -0.25) is 0 Å². The van der Waals surface area contributed by atoms with Crippen LogP contribution in [0.15, 0.2) is 60.7 Å². The van der Waals surface area contributed by atoms with Gasteiger partial charge in [-0.15, -0.1) is 0 Å². The van der Waals surface area contributed by atoms with Crippen molar-refractivity contribution >= 4 is 17.8 Å². The molecule has 0 radical (unpaired) electrons. The highest BCUT2D eigenvalue weighted by Gasteiger charge is 2.46. The lowest BCUT2D eigenvalue weighted by Gasteiger charge is -2.43. The van der Waals surface area contributed by atoms with Gasteiger partial charge in [0.25, 0.3) is 0 Å². The molecule has 3 aliphatic rings. The Morgan fingerprint density at radius 2 is 1.03 bits per heavy atom. The van der Waals surface area contributed by atoms with Gasteiger partial charge < -0.3 is 14.0 Å². The fraction of sp³-hybridized carbons (Fsp3) is 0.625. The number of hydrogen-bond donors (Lipinski definition) is 0. The smallest absolute Gasteiger partial charge is 0.148 e. The Morgan fingerprint density at radius 3 is 1.53 bits per heavy atom. The van der Waals surface area contributed by atoms with Crippen LogP contribution in [0.25, 0.3) is 0 Å². The molecule has 4 heteroatoms. The fourth-order valence-corrected chi connectivity index (χ4v) is 10.3. The third-order valence-electron chi connectivity index (χ3n) is 9.13.